The molecule has 0 bridgehead atoms. The molecule has 1 aromatic carbocycles. The van der Waals surface area contributed by atoms with E-state index in [1.165, 1.54) is 18.3 Å². The van der Waals surface area contributed by atoms with Gasteiger partial charge in [-0.25, -0.2) is 4.98 Å². The second-order valence-corrected chi connectivity index (χ2v) is 5.62. The number of pyridine rings is 1. The SMILES string of the molecule is O=C(C#Cc1ccccc1)NC1CCN(c2ncccc2[N+](=O)[O-])C1. The van der Waals surface area contributed by atoms with E-state index in [-0.39, 0.29) is 17.6 Å². The summed E-state index contributed by atoms with van der Waals surface area (Å²) in [5.41, 5.74) is 0.744. The van der Waals surface area contributed by atoms with Crippen LogP contribution in [0, 0.1) is 22.0 Å². The topological polar surface area (TPSA) is 88.4 Å². The summed E-state index contributed by atoms with van der Waals surface area (Å²) >= 11 is 0. The number of nitro groups is 1. The number of amides is 1. The molecule has 2 aromatic rings. The average molecular weight is 336 g/mol. The maximum absolute atomic E-state index is 12.0. The van der Waals surface area contributed by atoms with Crippen molar-refractivity contribution in [1.29, 1.82) is 0 Å². The smallest absolute Gasteiger partial charge is 0.311 e. The van der Waals surface area contributed by atoms with Crippen LogP contribution < -0.4 is 10.2 Å². The van der Waals surface area contributed by atoms with Gasteiger partial charge in [0.05, 0.1) is 4.92 Å². The third-order valence-electron chi connectivity index (χ3n) is 3.88. The Hall–Kier alpha value is -3.40. The highest BCUT2D eigenvalue weighted by Crippen LogP contribution is 2.27. The van der Waals surface area contributed by atoms with Crippen LogP contribution in [0.4, 0.5) is 11.5 Å². The van der Waals surface area contributed by atoms with Crippen LogP contribution in [0.25, 0.3) is 0 Å². The zero-order chi connectivity index (χ0) is 17.6. The fourth-order valence-electron chi connectivity index (χ4n) is 2.72. The maximum atomic E-state index is 12.0. The Morgan fingerprint density at radius 3 is 2.84 bits per heavy atom. The average Bonchev–Trinajstić information content (AvgIpc) is 3.09. The van der Waals surface area contributed by atoms with Gasteiger partial charge >= 0.3 is 5.69 Å². The standard InChI is InChI=1S/C18H16N4O3/c23-17(9-8-14-5-2-1-3-6-14)20-15-10-12-21(13-15)18-16(22(24)25)7-4-11-19-18/h1-7,11,15H,10,12-13H2,(H,20,23). The first-order valence-electron chi connectivity index (χ1n) is 7.85. The fraction of sp³-hybridized carbons (Fsp3) is 0.222. The molecule has 1 unspecified atom stereocenters. The number of anilines is 1. The number of rotatable bonds is 3. The van der Waals surface area contributed by atoms with Crippen molar-refractivity contribution < 1.29 is 9.72 Å². The van der Waals surface area contributed by atoms with Crippen molar-refractivity contribution in [1.82, 2.24) is 10.3 Å². The van der Waals surface area contributed by atoms with Crippen LogP contribution in [-0.4, -0.2) is 34.9 Å². The van der Waals surface area contributed by atoms with Crippen LogP contribution in [0.5, 0.6) is 0 Å². The zero-order valence-corrected chi connectivity index (χ0v) is 13.4. The van der Waals surface area contributed by atoms with E-state index in [1.807, 2.05) is 35.2 Å². The molecule has 126 valence electrons. The van der Waals surface area contributed by atoms with Crippen molar-refractivity contribution in [3.63, 3.8) is 0 Å². The van der Waals surface area contributed by atoms with Crippen LogP contribution in [0.2, 0.25) is 0 Å². The number of hydrogen-bond donors (Lipinski definition) is 1. The predicted molar refractivity (Wildman–Crippen MR) is 93.0 cm³/mol. The van der Waals surface area contributed by atoms with Crippen LogP contribution in [0.15, 0.2) is 48.7 Å². The number of benzene rings is 1. The van der Waals surface area contributed by atoms with Gasteiger partial charge in [0.2, 0.25) is 5.82 Å². The van der Waals surface area contributed by atoms with Gasteiger partial charge in [0.1, 0.15) is 0 Å². The molecular formula is C18H16N4O3. The lowest BCUT2D eigenvalue weighted by atomic mass is 10.2. The monoisotopic (exact) mass is 336 g/mol. The minimum atomic E-state index is -0.445. The van der Waals surface area contributed by atoms with E-state index in [9.17, 15) is 14.9 Å². The highest BCUT2D eigenvalue weighted by atomic mass is 16.6. The van der Waals surface area contributed by atoms with E-state index in [2.05, 4.69) is 22.1 Å². The molecule has 0 saturated carbocycles. The van der Waals surface area contributed by atoms with Gasteiger partial charge in [-0.05, 0) is 24.6 Å². The fourth-order valence-corrected chi connectivity index (χ4v) is 2.72. The lowest BCUT2D eigenvalue weighted by molar-refractivity contribution is -0.384. The Labute approximate surface area is 144 Å². The van der Waals surface area contributed by atoms with Crippen molar-refractivity contribution >= 4 is 17.4 Å². The van der Waals surface area contributed by atoms with Crippen LogP contribution in [-0.2, 0) is 4.79 Å². The minimum absolute atomic E-state index is 0.0293. The zero-order valence-electron chi connectivity index (χ0n) is 13.4. The van der Waals surface area contributed by atoms with E-state index >= 15 is 0 Å². The summed E-state index contributed by atoms with van der Waals surface area (Å²) in [6.45, 7) is 1.06. The molecule has 1 atom stereocenters. The number of carbonyl (C=O) groups is 1. The molecule has 1 aliphatic rings. The van der Waals surface area contributed by atoms with Gasteiger partial charge in [-0.2, -0.15) is 0 Å². The third-order valence-corrected chi connectivity index (χ3v) is 3.88. The number of aromatic nitrogens is 1. The van der Waals surface area contributed by atoms with Gasteiger partial charge in [-0.3, -0.25) is 14.9 Å². The lowest BCUT2D eigenvalue weighted by Crippen LogP contribution is -2.36. The van der Waals surface area contributed by atoms with Gasteiger partial charge in [0.25, 0.3) is 5.91 Å². The largest absolute Gasteiger partial charge is 0.349 e. The first kappa shape index (κ1) is 16.5. The van der Waals surface area contributed by atoms with Crippen LogP contribution >= 0.6 is 0 Å². The molecule has 2 heterocycles. The van der Waals surface area contributed by atoms with Gasteiger partial charge in [0, 0.05) is 42.9 Å². The summed E-state index contributed by atoms with van der Waals surface area (Å²) in [5, 5.41) is 14.0. The predicted octanol–water partition coefficient (Wildman–Crippen LogP) is 1.74. The molecule has 7 heteroatoms. The molecule has 1 aromatic heterocycles. The van der Waals surface area contributed by atoms with Gasteiger partial charge in [0.15, 0.2) is 0 Å². The van der Waals surface area contributed by atoms with E-state index < -0.39 is 4.92 Å². The molecule has 1 fully saturated rings. The van der Waals surface area contributed by atoms with E-state index in [1.54, 1.807) is 0 Å². The van der Waals surface area contributed by atoms with E-state index in [4.69, 9.17) is 0 Å². The number of carbonyl (C=O) groups excluding carboxylic acids is 1. The lowest BCUT2D eigenvalue weighted by Gasteiger charge is -2.17. The van der Waals surface area contributed by atoms with E-state index in [0.717, 1.165) is 5.56 Å². The maximum Gasteiger partial charge on any atom is 0.311 e. The molecule has 0 spiro atoms. The van der Waals surface area contributed by atoms with Gasteiger partial charge < -0.3 is 10.2 Å². The van der Waals surface area contributed by atoms with Crippen molar-refractivity contribution in [3.05, 3.63) is 64.3 Å². The molecule has 0 aliphatic carbocycles. The second kappa shape index (κ2) is 7.45. The summed E-state index contributed by atoms with van der Waals surface area (Å²) in [5.74, 6) is 5.35. The first-order chi connectivity index (χ1) is 12.1. The normalized spacial score (nSPS) is 16.0. The quantitative estimate of drug-likeness (QED) is 0.524. The highest BCUT2D eigenvalue weighted by molar-refractivity contribution is 5.94. The van der Waals surface area contributed by atoms with Crippen molar-refractivity contribution in [2.24, 2.45) is 0 Å². The molecule has 7 nitrogen and oxygen atoms in total. The van der Waals surface area contributed by atoms with Crippen molar-refractivity contribution in [3.8, 4) is 11.8 Å². The van der Waals surface area contributed by atoms with Gasteiger partial charge in [-0.1, -0.05) is 24.1 Å². The Balaban J connectivity index is 1.61. The van der Waals surface area contributed by atoms with E-state index in [0.29, 0.717) is 25.3 Å². The van der Waals surface area contributed by atoms with Crippen LogP contribution in [0.1, 0.15) is 12.0 Å². The Kier molecular flexibility index (Phi) is 4.90. The molecule has 3 rings (SSSR count). The summed E-state index contributed by atoms with van der Waals surface area (Å²) in [7, 11) is 0. The van der Waals surface area contributed by atoms with Crippen molar-refractivity contribution in [2.45, 2.75) is 12.5 Å². The number of hydrogen-bond acceptors (Lipinski definition) is 5. The van der Waals surface area contributed by atoms with Crippen LogP contribution in [0.3, 0.4) is 0 Å². The Morgan fingerprint density at radius 2 is 2.08 bits per heavy atom. The Bertz CT molecular complexity index is 842. The summed E-state index contributed by atoms with van der Waals surface area (Å²) in [6.07, 6.45) is 2.21. The minimum Gasteiger partial charge on any atom is -0.349 e. The third kappa shape index (κ3) is 4.12. The molecule has 1 saturated heterocycles. The number of nitrogens with one attached hydrogen (secondary N) is 1. The summed E-state index contributed by atoms with van der Waals surface area (Å²) in [4.78, 5) is 28.6. The van der Waals surface area contributed by atoms with Gasteiger partial charge in [-0.15, -0.1) is 0 Å². The molecule has 1 N–H and O–H groups in total. The molecule has 0 radical (unpaired) electrons. The summed E-state index contributed by atoms with van der Waals surface area (Å²) < 4.78 is 0. The number of nitrogens with zero attached hydrogens (tertiary/aromatic N) is 3. The molecule has 1 amide bonds. The highest BCUT2D eigenvalue weighted by Gasteiger charge is 2.29. The molecule has 1 aliphatic heterocycles. The first-order valence-corrected chi connectivity index (χ1v) is 7.85. The molecule has 25 heavy (non-hydrogen) atoms. The van der Waals surface area contributed by atoms with Crippen molar-refractivity contribution in [2.75, 3.05) is 18.0 Å². The second-order valence-electron chi connectivity index (χ2n) is 5.62. The summed E-state index contributed by atoms with van der Waals surface area (Å²) in [6, 6.07) is 12.1. The molecular weight excluding hydrogens is 320 g/mol. The Morgan fingerprint density at radius 1 is 1.28 bits per heavy atom.